The van der Waals surface area contributed by atoms with E-state index in [2.05, 4.69) is 30.6 Å². The van der Waals surface area contributed by atoms with E-state index in [-0.39, 0.29) is 28.9 Å². The Kier molecular flexibility index (Phi) is 4.53. The molecule has 1 heterocycles. The summed E-state index contributed by atoms with van der Waals surface area (Å²) in [5.74, 6) is 0.400. The topological polar surface area (TPSA) is 70.6 Å². The summed E-state index contributed by atoms with van der Waals surface area (Å²) >= 11 is 0. The monoisotopic (exact) mass is 378 g/mol. The standard InChI is InChI=1S/C23H26N2O3/c1-4-28-20-11-14(9-10-18(20)26)22-21-17(12-23(2,3)13-19(21)27)24-15-7-5-6-8-16(15)25-22/h5-12,21-22,24-26H,4,13H2,1-3H3. The molecule has 2 aromatic carbocycles. The van der Waals surface area contributed by atoms with E-state index in [4.69, 9.17) is 4.74 Å². The Morgan fingerprint density at radius 2 is 1.93 bits per heavy atom. The number of benzene rings is 2. The Balaban J connectivity index is 1.85. The summed E-state index contributed by atoms with van der Waals surface area (Å²) in [6, 6.07) is 13.0. The normalized spacial score (nSPS) is 22.7. The minimum atomic E-state index is -0.334. The second kappa shape index (κ2) is 6.89. The van der Waals surface area contributed by atoms with E-state index in [0.717, 1.165) is 22.6 Å². The Hall–Kier alpha value is -2.95. The second-order valence-corrected chi connectivity index (χ2v) is 8.16. The molecule has 146 valence electrons. The minimum Gasteiger partial charge on any atom is -0.504 e. The third kappa shape index (κ3) is 3.33. The van der Waals surface area contributed by atoms with Crippen molar-refractivity contribution in [1.82, 2.24) is 0 Å². The average Bonchev–Trinajstić information content (AvgIpc) is 2.79. The molecule has 1 aliphatic carbocycles. The van der Waals surface area contributed by atoms with Crippen molar-refractivity contribution in [2.24, 2.45) is 11.3 Å². The number of ketones is 1. The second-order valence-electron chi connectivity index (χ2n) is 8.16. The van der Waals surface area contributed by atoms with E-state index in [1.165, 1.54) is 0 Å². The third-order valence-corrected chi connectivity index (χ3v) is 5.35. The molecule has 28 heavy (non-hydrogen) atoms. The molecule has 0 bridgehead atoms. The predicted molar refractivity (Wildman–Crippen MR) is 111 cm³/mol. The molecule has 2 atom stereocenters. The molecule has 0 radical (unpaired) electrons. The zero-order valence-corrected chi connectivity index (χ0v) is 16.5. The molecule has 3 N–H and O–H groups in total. The van der Waals surface area contributed by atoms with Gasteiger partial charge in [0.1, 0.15) is 5.78 Å². The minimum absolute atomic E-state index is 0.101. The van der Waals surface area contributed by atoms with Crippen molar-refractivity contribution in [1.29, 1.82) is 0 Å². The van der Waals surface area contributed by atoms with Crippen molar-refractivity contribution in [3.05, 3.63) is 59.8 Å². The fourth-order valence-electron chi connectivity index (χ4n) is 4.17. The largest absolute Gasteiger partial charge is 0.504 e. The number of aromatic hydroxyl groups is 1. The van der Waals surface area contributed by atoms with E-state index < -0.39 is 0 Å². The first-order valence-electron chi connectivity index (χ1n) is 9.72. The Morgan fingerprint density at radius 3 is 2.68 bits per heavy atom. The average molecular weight is 378 g/mol. The number of hydrogen-bond acceptors (Lipinski definition) is 5. The molecule has 0 spiro atoms. The quantitative estimate of drug-likeness (QED) is 0.711. The number of rotatable bonds is 3. The summed E-state index contributed by atoms with van der Waals surface area (Å²) in [6.45, 7) is 6.51. The molecule has 0 fully saturated rings. The van der Waals surface area contributed by atoms with Crippen LogP contribution in [0.3, 0.4) is 0 Å². The Labute approximate surface area is 165 Å². The molecule has 0 saturated heterocycles. The van der Waals surface area contributed by atoms with Gasteiger partial charge in [0.2, 0.25) is 0 Å². The first-order valence-corrected chi connectivity index (χ1v) is 9.72. The van der Waals surface area contributed by atoms with Crippen LogP contribution in [0.2, 0.25) is 0 Å². The number of carbonyl (C=O) groups excluding carboxylic acids is 1. The molecule has 5 heteroatoms. The number of carbonyl (C=O) groups is 1. The smallest absolute Gasteiger partial charge is 0.161 e. The van der Waals surface area contributed by atoms with Crippen molar-refractivity contribution < 1.29 is 14.6 Å². The third-order valence-electron chi connectivity index (χ3n) is 5.35. The molecule has 0 saturated carbocycles. The van der Waals surface area contributed by atoms with Gasteiger partial charge in [0.05, 0.1) is 29.9 Å². The number of allylic oxidation sites excluding steroid dienone is 1. The van der Waals surface area contributed by atoms with Gasteiger partial charge in [0, 0.05) is 12.1 Å². The number of Topliss-reactive ketones (excluding diaryl/α,β-unsaturated/α-hetero) is 1. The molecule has 0 aromatic heterocycles. The van der Waals surface area contributed by atoms with Crippen molar-refractivity contribution in [3.63, 3.8) is 0 Å². The first kappa shape index (κ1) is 18.4. The number of ether oxygens (including phenoxy) is 1. The van der Waals surface area contributed by atoms with E-state index in [9.17, 15) is 9.90 Å². The maximum absolute atomic E-state index is 13.2. The van der Waals surface area contributed by atoms with Gasteiger partial charge in [-0.3, -0.25) is 4.79 Å². The number of nitrogens with one attached hydrogen (secondary N) is 2. The fourth-order valence-corrected chi connectivity index (χ4v) is 4.17. The SMILES string of the molecule is CCOc1cc(C2Nc3ccccc3NC3=CC(C)(C)CC(=O)C32)ccc1O. The molecule has 1 aliphatic heterocycles. The zero-order valence-electron chi connectivity index (χ0n) is 16.5. The van der Waals surface area contributed by atoms with Crippen molar-refractivity contribution >= 4 is 17.2 Å². The Morgan fingerprint density at radius 1 is 1.18 bits per heavy atom. The molecule has 2 unspecified atom stereocenters. The van der Waals surface area contributed by atoms with Crippen molar-refractivity contribution in [2.45, 2.75) is 33.2 Å². The Bertz CT molecular complexity index is 949. The number of anilines is 2. The lowest BCUT2D eigenvalue weighted by molar-refractivity contribution is -0.124. The van der Waals surface area contributed by atoms with Crippen LogP contribution in [0.5, 0.6) is 11.5 Å². The molecule has 2 aliphatic rings. The molecular weight excluding hydrogens is 352 g/mol. The number of hydrogen-bond donors (Lipinski definition) is 3. The van der Waals surface area contributed by atoms with E-state index in [0.29, 0.717) is 18.8 Å². The maximum Gasteiger partial charge on any atom is 0.161 e. The highest BCUT2D eigenvalue weighted by molar-refractivity contribution is 5.90. The number of fused-ring (bicyclic) bond motifs is 2. The maximum atomic E-state index is 13.2. The van der Waals surface area contributed by atoms with Gasteiger partial charge < -0.3 is 20.5 Å². The van der Waals surface area contributed by atoms with Gasteiger partial charge in [0.25, 0.3) is 0 Å². The fraction of sp³-hybridized carbons (Fsp3) is 0.348. The van der Waals surface area contributed by atoms with Crippen molar-refractivity contribution in [2.75, 3.05) is 17.2 Å². The summed E-state index contributed by atoms with van der Waals surface area (Å²) < 4.78 is 5.57. The summed E-state index contributed by atoms with van der Waals surface area (Å²) in [4.78, 5) is 13.2. The van der Waals surface area contributed by atoms with Crippen LogP contribution in [0.1, 0.15) is 38.8 Å². The molecule has 2 aromatic rings. The van der Waals surface area contributed by atoms with Crippen LogP contribution >= 0.6 is 0 Å². The highest BCUT2D eigenvalue weighted by Crippen LogP contribution is 2.46. The molecule has 4 rings (SSSR count). The number of phenols is 1. The van der Waals surface area contributed by atoms with Crippen LogP contribution in [0.15, 0.2) is 54.2 Å². The lowest BCUT2D eigenvalue weighted by Gasteiger charge is -2.35. The van der Waals surface area contributed by atoms with E-state index in [1.54, 1.807) is 6.07 Å². The highest BCUT2D eigenvalue weighted by Gasteiger charge is 2.41. The van der Waals surface area contributed by atoms with Crippen LogP contribution in [-0.4, -0.2) is 17.5 Å². The summed E-state index contributed by atoms with van der Waals surface area (Å²) in [7, 11) is 0. The van der Waals surface area contributed by atoms with Gasteiger partial charge in [-0.1, -0.05) is 38.1 Å². The van der Waals surface area contributed by atoms with Gasteiger partial charge >= 0.3 is 0 Å². The summed E-state index contributed by atoms with van der Waals surface area (Å²) in [5.41, 5.74) is 3.54. The van der Waals surface area contributed by atoms with Gasteiger partial charge in [-0.2, -0.15) is 0 Å². The van der Waals surface area contributed by atoms with Gasteiger partial charge in [0.15, 0.2) is 11.5 Å². The van der Waals surface area contributed by atoms with Gasteiger partial charge in [-0.05, 0) is 42.2 Å². The number of para-hydroxylation sites is 2. The van der Waals surface area contributed by atoms with Crippen LogP contribution in [0.4, 0.5) is 11.4 Å². The van der Waals surface area contributed by atoms with Gasteiger partial charge in [-0.25, -0.2) is 0 Å². The molecule has 5 nitrogen and oxygen atoms in total. The lowest BCUT2D eigenvalue weighted by Crippen LogP contribution is -2.36. The first-order chi connectivity index (χ1) is 13.4. The number of phenolic OH excluding ortho intramolecular Hbond substituents is 1. The van der Waals surface area contributed by atoms with Crippen LogP contribution in [0, 0.1) is 11.3 Å². The zero-order chi connectivity index (χ0) is 19.9. The van der Waals surface area contributed by atoms with Crippen molar-refractivity contribution in [3.8, 4) is 11.5 Å². The van der Waals surface area contributed by atoms with Gasteiger partial charge in [-0.15, -0.1) is 0 Å². The van der Waals surface area contributed by atoms with Crippen LogP contribution in [-0.2, 0) is 4.79 Å². The van der Waals surface area contributed by atoms with Crippen LogP contribution < -0.4 is 15.4 Å². The molecular formula is C23H26N2O3. The van der Waals surface area contributed by atoms with E-state index >= 15 is 0 Å². The van der Waals surface area contributed by atoms with E-state index in [1.807, 2.05) is 43.3 Å². The summed E-state index contributed by atoms with van der Waals surface area (Å²) in [6.07, 6.45) is 2.67. The highest BCUT2D eigenvalue weighted by atomic mass is 16.5. The van der Waals surface area contributed by atoms with Crippen LogP contribution in [0.25, 0.3) is 0 Å². The lowest BCUT2D eigenvalue weighted by atomic mass is 9.72. The molecule has 0 amide bonds. The summed E-state index contributed by atoms with van der Waals surface area (Å²) in [5, 5.41) is 17.2. The predicted octanol–water partition coefficient (Wildman–Crippen LogP) is 4.87.